The third kappa shape index (κ3) is 5.09. The van der Waals surface area contributed by atoms with Crippen LogP contribution < -0.4 is 10.2 Å². The molecule has 2 aliphatic rings. The zero-order valence-corrected chi connectivity index (χ0v) is 17.1. The van der Waals surface area contributed by atoms with Crippen molar-refractivity contribution in [3.05, 3.63) is 48.0 Å². The van der Waals surface area contributed by atoms with Gasteiger partial charge in [-0.15, -0.1) is 0 Å². The molecule has 1 N–H and O–H groups in total. The van der Waals surface area contributed by atoms with Crippen LogP contribution in [-0.4, -0.2) is 58.0 Å². The number of amides is 1. The minimum absolute atomic E-state index is 0.0746. The summed E-state index contributed by atoms with van der Waals surface area (Å²) in [5.74, 6) is 1.07. The van der Waals surface area contributed by atoms with E-state index in [-0.39, 0.29) is 11.8 Å². The molecule has 1 amide bonds. The van der Waals surface area contributed by atoms with E-state index >= 15 is 0 Å². The molecule has 2 fully saturated rings. The van der Waals surface area contributed by atoms with Crippen LogP contribution >= 0.6 is 0 Å². The Balaban J connectivity index is 1.27. The number of hydrogen-bond donors (Lipinski definition) is 1. The second-order valence-corrected chi connectivity index (χ2v) is 8.09. The van der Waals surface area contributed by atoms with Crippen LogP contribution in [0.4, 0.5) is 5.95 Å². The number of rotatable bonds is 5. The lowest BCUT2D eigenvalue weighted by molar-refractivity contribution is -0.127. The van der Waals surface area contributed by atoms with Crippen molar-refractivity contribution < 1.29 is 4.79 Å². The number of anilines is 1. The zero-order valence-electron chi connectivity index (χ0n) is 17.1. The highest BCUT2D eigenvalue weighted by Gasteiger charge is 2.32. The van der Waals surface area contributed by atoms with Gasteiger partial charge >= 0.3 is 0 Å². The number of aromatic nitrogens is 3. The molecule has 7 nitrogen and oxygen atoms in total. The molecule has 0 bridgehead atoms. The molecule has 7 heteroatoms. The molecular formula is C22H30N6O. The third-order valence-electron chi connectivity index (χ3n) is 6.04. The van der Waals surface area contributed by atoms with Crippen LogP contribution in [0.25, 0.3) is 0 Å². The first-order valence-electron chi connectivity index (χ1n) is 10.7. The summed E-state index contributed by atoms with van der Waals surface area (Å²) >= 11 is 0. The molecule has 4 rings (SSSR count). The van der Waals surface area contributed by atoms with Gasteiger partial charge in [0.05, 0.1) is 18.2 Å². The standard InChI is InChI=1S/C22H30N6O/c1-17-7-11-24-22(26-17)27-13-8-20(9-14-27)28-12-4-5-18(16-28)21(29)25-15-19-6-2-3-10-23-19/h2-3,6-7,10-11,18,20H,4-5,8-9,12-16H2,1H3,(H,25,29)/t18-/m1/s1. The number of carbonyl (C=O) groups excluding carboxylic acids is 1. The average Bonchev–Trinajstić information content (AvgIpc) is 2.78. The van der Waals surface area contributed by atoms with Crippen molar-refractivity contribution in [3.63, 3.8) is 0 Å². The molecule has 1 atom stereocenters. The highest BCUT2D eigenvalue weighted by atomic mass is 16.1. The quantitative estimate of drug-likeness (QED) is 0.838. The van der Waals surface area contributed by atoms with Crippen LogP contribution in [0.15, 0.2) is 36.7 Å². The molecule has 2 aromatic heterocycles. The van der Waals surface area contributed by atoms with Gasteiger partial charge in [-0.1, -0.05) is 6.07 Å². The zero-order chi connectivity index (χ0) is 20.1. The van der Waals surface area contributed by atoms with Gasteiger partial charge in [0.2, 0.25) is 11.9 Å². The summed E-state index contributed by atoms with van der Waals surface area (Å²) in [6, 6.07) is 8.26. The summed E-state index contributed by atoms with van der Waals surface area (Å²) in [7, 11) is 0. The minimum Gasteiger partial charge on any atom is -0.350 e. The fourth-order valence-corrected chi connectivity index (χ4v) is 4.40. The summed E-state index contributed by atoms with van der Waals surface area (Å²) in [5.41, 5.74) is 1.91. The smallest absolute Gasteiger partial charge is 0.225 e. The summed E-state index contributed by atoms with van der Waals surface area (Å²) in [6.07, 6.45) is 7.85. The van der Waals surface area contributed by atoms with Crippen molar-refractivity contribution in [2.45, 2.75) is 45.2 Å². The Hall–Kier alpha value is -2.54. The van der Waals surface area contributed by atoms with Crippen molar-refractivity contribution in [2.75, 3.05) is 31.1 Å². The molecule has 0 radical (unpaired) electrons. The number of nitrogens with zero attached hydrogens (tertiary/aromatic N) is 5. The molecule has 0 aliphatic carbocycles. The van der Waals surface area contributed by atoms with Gasteiger partial charge in [0.25, 0.3) is 0 Å². The van der Waals surface area contributed by atoms with E-state index in [9.17, 15) is 4.79 Å². The van der Waals surface area contributed by atoms with Gasteiger partial charge in [0.1, 0.15) is 0 Å². The van der Waals surface area contributed by atoms with Gasteiger partial charge < -0.3 is 10.2 Å². The van der Waals surface area contributed by atoms with Gasteiger partial charge in [0.15, 0.2) is 0 Å². The predicted molar refractivity (Wildman–Crippen MR) is 112 cm³/mol. The van der Waals surface area contributed by atoms with Gasteiger partial charge in [-0.3, -0.25) is 14.7 Å². The molecule has 0 aromatic carbocycles. The molecule has 2 aromatic rings. The highest BCUT2D eigenvalue weighted by molar-refractivity contribution is 5.78. The fourth-order valence-electron chi connectivity index (χ4n) is 4.40. The fraction of sp³-hybridized carbons (Fsp3) is 0.545. The molecule has 2 saturated heterocycles. The first-order valence-corrected chi connectivity index (χ1v) is 10.7. The number of pyridine rings is 1. The first-order chi connectivity index (χ1) is 14.2. The minimum atomic E-state index is 0.0746. The maximum atomic E-state index is 12.7. The molecule has 4 heterocycles. The van der Waals surface area contributed by atoms with Crippen LogP contribution in [0.2, 0.25) is 0 Å². The maximum absolute atomic E-state index is 12.7. The number of nitrogens with one attached hydrogen (secondary N) is 1. The van der Waals surface area contributed by atoms with Crippen molar-refractivity contribution in [1.82, 2.24) is 25.2 Å². The van der Waals surface area contributed by atoms with Crippen LogP contribution in [0.1, 0.15) is 37.1 Å². The summed E-state index contributed by atoms with van der Waals surface area (Å²) in [5, 5.41) is 3.07. The maximum Gasteiger partial charge on any atom is 0.225 e. The van der Waals surface area contributed by atoms with Crippen molar-refractivity contribution in [1.29, 1.82) is 0 Å². The Labute approximate surface area is 172 Å². The Morgan fingerprint density at radius 3 is 2.72 bits per heavy atom. The van der Waals surface area contributed by atoms with Gasteiger partial charge in [0, 0.05) is 43.8 Å². The van der Waals surface area contributed by atoms with Crippen molar-refractivity contribution in [3.8, 4) is 0 Å². The number of carbonyl (C=O) groups is 1. The predicted octanol–water partition coefficient (Wildman–Crippen LogP) is 2.18. The van der Waals surface area contributed by atoms with Crippen molar-refractivity contribution in [2.24, 2.45) is 5.92 Å². The van der Waals surface area contributed by atoms with Gasteiger partial charge in [-0.25, -0.2) is 9.97 Å². The van der Waals surface area contributed by atoms with E-state index in [0.29, 0.717) is 12.6 Å². The van der Waals surface area contributed by atoms with E-state index in [0.717, 1.165) is 69.2 Å². The largest absolute Gasteiger partial charge is 0.350 e. The normalized spacial score (nSPS) is 21.1. The second-order valence-electron chi connectivity index (χ2n) is 8.09. The molecule has 29 heavy (non-hydrogen) atoms. The molecule has 0 unspecified atom stereocenters. The van der Waals surface area contributed by atoms with Crippen LogP contribution in [0, 0.1) is 12.8 Å². The molecular weight excluding hydrogens is 364 g/mol. The van der Waals surface area contributed by atoms with E-state index in [1.165, 1.54) is 0 Å². The van der Waals surface area contributed by atoms with E-state index in [2.05, 4.69) is 30.1 Å². The summed E-state index contributed by atoms with van der Waals surface area (Å²) in [4.78, 5) is 30.8. The number of aryl methyl sites for hydroxylation is 1. The van der Waals surface area contributed by atoms with E-state index in [4.69, 9.17) is 0 Å². The van der Waals surface area contributed by atoms with E-state index in [1.807, 2.05) is 37.4 Å². The second kappa shape index (κ2) is 9.31. The van der Waals surface area contributed by atoms with Crippen LogP contribution in [0.3, 0.4) is 0 Å². The number of piperidine rings is 2. The van der Waals surface area contributed by atoms with Crippen LogP contribution in [0.5, 0.6) is 0 Å². The first kappa shape index (κ1) is 19.8. The monoisotopic (exact) mass is 394 g/mol. The molecule has 2 aliphatic heterocycles. The highest BCUT2D eigenvalue weighted by Crippen LogP contribution is 2.25. The lowest BCUT2D eigenvalue weighted by Crippen LogP contribution is -2.51. The van der Waals surface area contributed by atoms with E-state index in [1.54, 1.807) is 6.20 Å². The topological polar surface area (TPSA) is 74.2 Å². The molecule has 154 valence electrons. The SMILES string of the molecule is Cc1ccnc(N2CCC(N3CCC[C@@H](C(=O)NCc4ccccn4)C3)CC2)n1. The summed E-state index contributed by atoms with van der Waals surface area (Å²) < 4.78 is 0. The van der Waals surface area contributed by atoms with Crippen molar-refractivity contribution >= 4 is 11.9 Å². The summed E-state index contributed by atoms with van der Waals surface area (Å²) in [6.45, 7) is 6.41. The Morgan fingerprint density at radius 2 is 1.97 bits per heavy atom. The Bertz CT molecular complexity index is 806. The molecule has 0 saturated carbocycles. The van der Waals surface area contributed by atoms with E-state index < -0.39 is 0 Å². The number of likely N-dealkylation sites (tertiary alicyclic amines) is 1. The van der Waals surface area contributed by atoms with Gasteiger partial charge in [-0.05, 0) is 57.4 Å². The Morgan fingerprint density at radius 1 is 1.10 bits per heavy atom. The average molecular weight is 395 g/mol. The number of hydrogen-bond acceptors (Lipinski definition) is 6. The molecule has 0 spiro atoms. The van der Waals surface area contributed by atoms with Gasteiger partial charge in [-0.2, -0.15) is 0 Å². The van der Waals surface area contributed by atoms with Crippen LogP contribution in [-0.2, 0) is 11.3 Å². The third-order valence-corrected chi connectivity index (χ3v) is 6.04. The Kier molecular flexibility index (Phi) is 6.34. The lowest BCUT2D eigenvalue weighted by Gasteiger charge is -2.42. The lowest BCUT2D eigenvalue weighted by atomic mass is 9.93.